The summed E-state index contributed by atoms with van der Waals surface area (Å²) in [5, 5.41) is 5.83. The fourth-order valence-electron chi connectivity index (χ4n) is 2.40. The molecule has 1 heterocycles. The molecule has 0 fully saturated rings. The molecule has 1 aromatic rings. The monoisotopic (exact) mass is 275 g/mol. The van der Waals surface area contributed by atoms with Crippen LogP contribution in [-0.4, -0.2) is 43.4 Å². The summed E-state index contributed by atoms with van der Waals surface area (Å²) in [7, 11) is 3.34. The molecule has 5 heteroatoms. The Bertz CT molecular complexity index is 502. The lowest BCUT2D eigenvalue weighted by atomic mass is 9.95. The van der Waals surface area contributed by atoms with Crippen LogP contribution in [0.5, 0.6) is 0 Å². The summed E-state index contributed by atoms with van der Waals surface area (Å²) in [6, 6.07) is 7.97. The molecule has 0 saturated carbocycles. The number of carbonyl (C=O) groups is 2. The minimum absolute atomic E-state index is 0.0448. The Morgan fingerprint density at radius 2 is 2.05 bits per heavy atom. The molecule has 2 N–H and O–H groups in total. The van der Waals surface area contributed by atoms with Crippen molar-refractivity contribution in [2.45, 2.75) is 25.4 Å². The summed E-state index contributed by atoms with van der Waals surface area (Å²) in [5.74, 6) is -0.00462. The van der Waals surface area contributed by atoms with Crippen LogP contribution in [0.3, 0.4) is 0 Å². The summed E-state index contributed by atoms with van der Waals surface area (Å²) in [6.07, 6.45) is 1.04. The maximum absolute atomic E-state index is 12.3. The fourth-order valence-corrected chi connectivity index (χ4v) is 2.40. The van der Waals surface area contributed by atoms with Crippen molar-refractivity contribution >= 4 is 11.8 Å². The normalized spacial score (nSPS) is 17.2. The van der Waals surface area contributed by atoms with Crippen LogP contribution in [-0.2, 0) is 22.6 Å². The van der Waals surface area contributed by atoms with Gasteiger partial charge in [0.15, 0.2) is 0 Å². The van der Waals surface area contributed by atoms with Gasteiger partial charge in [0.1, 0.15) is 0 Å². The van der Waals surface area contributed by atoms with Crippen molar-refractivity contribution in [2.24, 2.45) is 0 Å². The van der Waals surface area contributed by atoms with Crippen molar-refractivity contribution in [1.29, 1.82) is 0 Å². The van der Waals surface area contributed by atoms with E-state index in [2.05, 4.69) is 22.8 Å². The maximum Gasteiger partial charge on any atom is 0.239 e. The van der Waals surface area contributed by atoms with Crippen LogP contribution in [0.25, 0.3) is 0 Å². The average Bonchev–Trinajstić information content (AvgIpc) is 2.50. The van der Waals surface area contributed by atoms with E-state index in [0.717, 1.165) is 6.54 Å². The summed E-state index contributed by atoms with van der Waals surface area (Å²) in [5.41, 5.74) is 2.48. The number of likely N-dealkylation sites (N-methyl/N-ethyl adjacent to an activating group) is 1. The van der Waals surface area contributed by atoms with Crippen LogP contribution >= 0.6 is 0 Å². The zero-order valence-corrected chi connectivity index (χ0v) is 12.0. The highest BCUT2D eigenvalue weighted by molar-refractivity contribution is 5.83. The average molecular weight is 275 g/mol. The first-order valence-corrected chi connectivity index (χ1v) is 6.87. The number of hydrogen-bond donors (Lipinski definition) is 2. The van der Waals surface area contributed by atoms with Crippen LogP contribution in [0.1, 0.15) is 17.5 Å². The molecule has 5 nitrogen and oxygen atoms in total. The highest BCUT2D eigenvalue weighted by Gasteiger charge is 2.26. The number of amides is 2. The van der Waals surface area contributed by atoms with Crippen molar-refractivity contribution < 1.29 is 9.59 Å². The van der Waals surface area contributed by atoms with Crippen molar-refractivity contribution in [3.8, 4) is 0 Å². The van der Waals surface area contributed by atoms with Crippen LogP contribution < -0.4 is 10.6 Å². The zero-order valence-electron chi connectivity index (χ0n) is 12.0. The minimum Gasteiger partial charge on any atom is -0.359 e. The lowest BCUT2D eigenvalue weighted by molar-refractivity contribution is -0.132. The molecule has 2 amide bonds. The summed E-state index contributed by atoms with van der Waals surface area (Å²) in [6.45, 7) is 1.16. The number of nitrogens with zero attached hydrogens (tertiary/aromatic N) is 1. The lowest BCUT2D eigenvalue weighted by Gasteiger charge is -2.29. The van der Waals surface area contributed by atoms with E-state index in [9.17, 15) is 9.59 Å². The summed E-state index contributed by atoms with van der Waals surface area (Å²) >= 11 is 0. The Morgan fingerprint density at radius 1 is 1.35 bits per heavy atom. The molecule has 1 unspecified atom stereocenters. The third-order valence-electron chi connectivity index (χ3n) is 3.71. The molecule has 2 rings (SSSR count). The Balaban J connectivity index is 1.92. The van der Waals surface area contributed by atoms with Crippen molar-refractivity contribution in [3.05, 3.63) is 35.4 Å². The zero-order chi connectivity index (χ0) is 14.5. The number of nitrogens with one attached hydrogen (secondary N) is 2. The quantitative estimate of drug-likeness (QED) is 0.830. The summed E-state index contributed by atoms with van der Waals surface area (Å²) in [4.78, 5) is 25.2. The fraction of sp³-hybridized carbons (Fsp3) is 0.467. The smallest absolute Gasteiger partial charge is 0.239 e. The Morgan fingerprint density at radius 3 is 2.75 bits per heavy atom. The van der Waals surface area contributed by atoms with Gasteiger partial charge in [0.25, 0.3) is 0 Å². The molecule has 0 spiro atoms. The third-order valence-corrected chi connectivity index (χ3v) is 3.71. The Hall–Kier alpha value is -1.88. The molecule has 0 aliphatic carbocycles. The van der Waals surface area contributed by atoms with Gasteiger partial charge in [-0.05, 0) is 17.5 Å². The molecule has 0 bridgehead atoms. The van der Waals surface area contributed by atoms with E-state index in [0.29, 0.717) is 19.4 Å². The molecule has 1 aliphatic rings. The first-order chi connectivity index (χ1) is 9.61. The molecule has 20 heavy (non-hydrogen) atoms. The number of rotatable bonds is 4. The Labute approximate surface area is 119 Å². The topological polar surface area (TPSA) is 61.4 Å². The lowest BCUT2D eigenvalue weighted by Crippen LogP contribution is -2.48. The van der Waals surface area contributed by atoms with Gasteiger partial charge < -0.3 is 15.5 Å². The number of carbonyl (C=O) groups excluding carboxylic acids is 2. The van der Waals surface area contributed by atoms with Gasteiger partial charge in [0.05, 0.1) is 6.04 Å². The number of hydrogen-bond acceptors (Lipinski definition) is 3. The van der Waals surface area contributed by atoms with Gasteiger partial charge >= 0.3 is 0 Å². The molecule has 1 aromatic carbocycles. The highest BCUT2D eigenvalue weighted by atomic mass is 16.2. The van der Waals surface area contributed by atoms with Gasteiger partial charge in [0.2, 0.25) is 11.8 Å². The second-order valence-electron chi connectivity index (χ2n) is 5.09. The van der Waals surface area contributed by atoms with Crippen LogP contribution in [0.4, 0.5) is 0 Å². The SMILES string of the molecule is CNC(=O)CCN(C)C(=O)C1Cc2ccccc2CN1. The van der Waals surface area contributed by atoms with Gasteiger partial charge in [-0.3, -0.25) is 9.59 Å². The second-order valence-corrected chi connectivity index (χ2v) is 5.09. The third kappa shape index (κ3) is 3.36. The minimum atomic E-state index is -0.195. The van der Waals surface area contributed by atoms with Crippen LogP contribution in [0.2, 0.25) is 0 Å². The largest absolute Gasteiger partial charge is 0.359 e. The van der Waals surface area contributed by atoms with Crippen LogP contribution in [0.15, 0.2) is 24.3 Å². The summed E-state index contributed by atoms with van der Waals surface area (Å²) < 4.78 is 0. The molecular formula is C15H21N3O2. The van der Waals surface area contributed by atoms with E-state index in [1.807, 2.05) is 12.1 Å². The molecule has 1 aliphatic heterocycles. The van der Waals surface area contributed by atoms with E-state index in [1.165, 1.54) is 11.1 Å². The van der Waals surface area contributed by atoms with E-state index in [4.69, 9.17) is 0 Å². The van der Waals surface area contributed by atoms with Crippen LogP contribution in [0, 0.1) is 0 Å². The molecule has 0 aromatic heterocycles. The first-order valence-electron chi connectivity index (χ1n) is 6.87. The van der Waals surface area contributed by atoms with Gasteiger partial charge in [-0.15, -0.1) is 0 Å². The van der Waals surface area contributed by atoms with E-state index in [-0.39, 0.29) is 17.9 Å². The first kappa shape index (κ1) is 14.5. The van der Waals surface area contributed by atoms with Crippen molar-refractivity contribution in [3.63, 3.8) is 0 Å². The van der Waals surface area contributed by atoms with Gasteiger partial charge in [-0.25, -0.2) is 0 Å². The van der Waals surface area contributed by atoms with E-state index >= 15 is 0 Å². The maximum atomic E-state index is 12.3. The van der Waals surface area contributed by atoms with Gasteiger partial charge in [-0.2, -0.15) is 0 Å². The van der Waals surface area contributed by atoms with Crippen molar-refractivity contribution in [1.82, 2.24) is 15.5 Å². The van der Waals surface area contributed by atoms with E-state index < -0.39 is 0 Å². The molecule has 108 valence electrons. The molecule has 0 saturated heterocycles. The second kappa shape index (κ2) is 6.52. The molecule has 1 atom stereocenters. The highest BCUT2D eigenvalue weighted by Crippen LogP contribution is 2.17. The number of benzene rings is 1. The predicted molar refractivity (Wildman–Crippen MR) is 77.1 cm³/mol. The Kier molecular flexibility index (Phi) is 4.74. The predicted octanol–water partition coefficient (Wildman–Crippen LogP) is 0.295. The van der Waals surface area contributed by atoms with Gasteiger partial charge in [0, 0.05) is 33.6 Å². The molecular weight excluding hydrogens is 254 g/mol. The number of fused-ring (bicyclic) bond motifs is 1. The van der Waals surface area contributed by atoms with Crippen molar-refractivity contribution in [2.75, 3.05) is 20.6 Å². The van der Waals surface area contributed by atoms with E-state index in [1.54, 1.807) is 19.0 Å². The van der Waals surface area contributed by atoms with Gasteiger partial charge in [-0.1, -0.05) is 24.3 Å². The molecule has 0 radical (unpaired) electrons. The standard InChI is InChI=1S/C15H21N3O2/c1-16-14(19)7-8-18(2)15(20)13-9-11-5-3-4-6-12(11)10-17-13/h3-6,13,17H,7-10H2,1-2H3,(H,16,19).